The van der Waals surface area contributed by atoms with Gasteiger partial charge in [0.15, 0.2) is 5.43 Å². The van der Waals surface area contributed by atoms with E-state index in [0.29, 0.717) is 6.61 Å². The van der Waals surface area contributed by atoms with Crippen molar-refractivity contribution in [1.29, 1.82) is 0 Å². The standard InChI is InChI=1S/C20H28N2O2/c1-3-4-12-24-16-8-9-19-17(13-16)20(23)18(15(2)21-19)14-22-10-6-5-7-11-22/h8-9,13H,3-7,10-12,14H2,1-2H3,(H,21,23). The van der Waals surface area contributed by atoms with E-state index in [-0.39, 0.29) is 5.43 Å². The lowest BCUT2D eigenvalue weighted by molar-refractivity contribution is 0.220. The summed E-state index contributed by atoms with van der Waals surface area (Å²) in [4.78, 5) is 18.8. The van der Waals surface area contributed by atoms with Crippen LogP contribution in [0, 0.1) is 6.92 Å². The van der Waals surface area contributed by atoms with Crippen LogP contribution < -0.4 is 10.2 Å². The third kappa shape index (κ3) is 3.81. The number of unbranched alkanes of at least 4 members (excludes halogenated alkanes) is 1. The number of likely N-dealkylation sites (tertiary alicyclic amines) is 1. The van der Waals surface area contributed by atoms with Crippen molar-refractivity contribution in [3.8, 4) is 5.75 Å². The highest BCUT2D eigenvalue weighted by Gasteiger charge is 2.16. The Labute approximate surface area is 143 Å². The molecule has 0 bridgehead atoms. The maximum Gasteiger partial charge on any atom is 0.194 e. The number of hydrogen-bond donors (Lipinski definition) is 1. The highest BCUT2D eigenvalue weighted by atomic mass is 16.5. The highest BCUT2D eigenvalue weighted by Crippen LogP contribution is 2.20. The Kier molecular flexibility index (Phi) is 5.56. The van der Waals surface area contributed by atoms with E-state index in [4.69, 9.17) is 4.74 Å². The van der Waals surface area contributed by atoms with Crippen LogP contribution in [0.3, 0.4) is 0 Å². The number of nitrogens with zero attached hydrogens (tertiary/aromatic N) is 1. The summed E-state index contributed by atoms with van der Waals surface area (Å²) < 4.78 is 5.77. The summed E-state index contributed by atoms with van der Waals surface area (Å²) in [5, 5.41) is 0.738. The van der Waals surface area contributed by atoms with Gasteiger partial charge in [0.1, 0.15) is 5.75 Å². The van der Waals surface area contributed by atoms with Crippen LogP contribution in [0.15, 0.2) is 23.0 Å². The summed E-state index contributed by atoms with van der Waals surface area (Å²) in [6, 6.07) is 5.79. The third-order valence-corrected chi connectivity index (χ3v) is 4.88. The van der Waals surface area contributed by atoms with Crippen molar-refractivity contribution in [2.24, 2.45) is 0 Å². The SMILES string of the molecule is CCCCOc1ccc2[nH]c(C)c(CN3CCCCC3)c(=O)c2c1. The minimum absolute atomic E-state index is 0.146. The predicted molar refractivity (Wildman–Crippen MR) is 98.8 cm³/mol. The van der Waals surface area contributed by atoms with Crippen molar-refractivity contribution in [3.63, 3.8) is 0 Å². The van der Waals surface area contributed by atoms with E-state index in [1.807, 2.05) is 25.1 Å². The van der Waals surface area contributed by atoms with Crippen LogP contribution in [-0.2, 0) is 6.54 Å². The fraction of sp³-hybridized carbons (Fsp3) is 0.550. The summed E-state index contributed by atoms with van der Waals surface area (Å²) in [6.07, 6.45) is 5.91. The first-order valence-electron chi connectivity index (χ1n) is 9.19. The monoisotopic (exact) mass is 328 g/mol. The zero-order valence-electron chi connectivity index (χ0n) is 14.9. The minimum atomic E-state index is 0.146. The van der Waals surface area contributed by atoms with Gasteiger partial charge in [-0.3, -0.25) is 9.69 Å². The van der Waals surface area contributed by atoms with Crippen molar-refractivity contribution in [3.05, 3.63) is 39.7 Å². The molecule has 2 heterocycles. The van der Waals surface area contributed by atoms with Gasteiger partial charge in [0.05, 0.1) is 6.61 Å². The summed E-state index contributed by atoms with van der Waals surface area (Å²) in [6.45, 7) is 7.79. The lowest BCUT2D eigenvalue weighted by atomic mass is 10.1. The molecular formula is C20H28N2O2. The van der Waals surface area contributed by atoms with Crippen LogP contribution in [0.2, 0.25) is 0 Å². The van der Waals surface area contributed by atoms with Gasteiger partial charge in [-0.25, -0.2) is 0 Å². The van der Waals surface area contributed by atoms with Gasteiger partial charge in [0.25, 0.3) is 0 Å². The molecular weight excluding hydrogens is 300 g/mol. The molecule has 3 rings (SSSR count). The number of piperidine rings is 1. The highest BCUT2D eigenvalue weighted by molar-refractivity contribution is 5.81. The van der Waals surface area contributed by atoms with Crippen LogP contribution in [0.25, 0.3) is 10.9 Å². The predicted octanol–water partition coefficient (Wildman–Crippen LogP) is 4.00. The molecule has 24 heavy (non-hydrogen) atoms. The van der Waals surface area contributed by atoms with E-state index in [1.54, 1.807) is 0 Å². The van der Waals surface area contributed by atoms with Gasteiger partial charge in [-0.05, 0) is 57.5 Å². The van der Waals surface area contributed by atoms with Crippen molar-refractivity contribution in [2.75, 3.05) is 19.7 Å². The lowest BCUT2D eigenvalue weighted by Gasteiger charge is -2.26. The molecule has 1 aliphatic heterocycles. The van der Waals surface area contributed by atoms with E-state index >= 15 is 0 Å². The lowest BCUT2D eigenvalue weighted by Crippen LogP contribution is -2.32. The Morgan fingerprint density at radius 3 is 2.75 bits per heavy atom. The summed E-state index contributed by atoms with van der Waals surface area (Å²) in [5.74, 6) is 0.786. The number of rotatable bonds is 6. The van der Waals surface area contributed by atoms with Crippen LogP contribution in [0.4, 0.5) is 0 Å². The molecule has 0 saturated carbocycles. The first kappa shape index (κ1) is 17.0. The maximum atomic E-state index is 13.0. The number of benzene rings is 1. The molecule has 4 nitrogen and oxygen atoms in total. The fourth-order valence-electron chi connectivity index (χ4n) is 3.39. The first-order chi connectivity index (χ1) is 11.7. The molecule has 0 atom stereocenters. The zero-order valence-corrected chi connectivity index (χ0v) is 14.9. The molecule has 4 heteroatoms. The molecule has 0 unspecified atom stereocenters. The van der Waals surface area contributed by atoms with Gasteiger partial charge in [0.2, 0.25) is 0 Å². The van der Waals surface area contributed by atoms with Gasteiger partial charge in [-0.2, -0.15) is 0 Å². The largest absolute Gasteiger partial charge is 0.494 e. The Morgan fingerprint density at radius 2 is 2.00 bits per heavy atom. The van der Waals surface area contributed by atoms with Crippen molar-refractivity contribution < 1.29 is 4.74 Å². The Morgan fingerprint density at radius 1 is 1.21 bits per heavy atom. The van der Waals surface area contributed by atoms with Crippen molar-refractivity contribution in [1.82, 2.24) is 9.88 Å². The molecule has 1 saturated heterocycles. The van der Waals surface area contributed by atoms with E-state index in [2.05, 4.69) is 16.8 Å². The molecule has 1 N–H and O–H groups in total. The number of fused-ring (bicyclic) bond motifs is 1. The average molecular weight is 328 g/mol. The van der Waals surface area contributed by atoms with Crippen LogP contribution in [0.1, 0.15) is 50.3 Å². The van der Waals surface area contributed by atoms with Crippen LogP contribution in [0.5, 0.6) is 5.75 Å². The molecule has 0 radical (unpaired) electrons. The van der Waals surface area contributed by atoms with Gasteiger partial charge in [0, 0.05) is 28.7 Å². The second kappa shape index (κ2) is 7.84. The zero-order chi connectivity index (χ0) is 16.9. The third-order valence-electron chi connectivity index (χ3n) is 4.88. The Hall–Kier alpha value is -1.81. The Bertz CT molecular complexity index is 745. The van der Waals surface area contributed by atoms with Gasteiger partial charge in [-0.15, -0.1) is 0 Å². The van der Waals surface area contributed by atoms with Crippen LogP contribution in [-0.4, -0.2) is 29.6 Å². The quantitative estimate of drug-likeness (QED) is 0.815. The summed E-state index contributed by atoms with van der Waals surface area (Å²) in [5.41, 5.74) is 2.92. The van der Waals surface area contributed by atoms with Crippen LogP contribution >= 0.6 is 0 Å². The van der Waals surface area contributed by atoms with E-state index in [9.17, 15) is 4.79 Å². The Balaban J connectivity index is 1.89. The number of pyridine rings is 1. The smallest absolute Gasteiger partial charge is 0.194 e. The maximum absolute atomic E-state index is 13.0. The van der Waals surface area contributed by atoms with E-state index in [1.165, 1.54) is 19.3 Å². The molecule has 1 aromatic heterocycles. The molecule has 1 aromatic carbocycles. The number of H-pyrrole nitrogens is 1. The number of hydrogen-bond acceptors (Lipinski definition) is 3. The van der Waals surface area contributed by atoms with Crippen molar-refractivity contribution >= 4 is 10.9 Å². The van der Waals surface area contributed by atoms with Gasteiger partial charge < -0.3 is 9.72 Å². The fourth-order valence-corrected chi connectivity index (χ4v) is 3.39. The number of aromatic amines is 1. The minimum Gasteiger partial charge on any atom is -0.494 e. The second-order valence-electron chi connectivity index (χ2n) is 6.80. The normalized spacial score (nSPS) is 15.8. The summed E-state index contributed by atoms with van der Waals surface area (Å²) in [7, 11) is 0. The molecule has 130 valence electrons. The number of nitrogens with one attached hydrogen (secondary N) is 1. The molecule has 1 aliphatic rings. The second-order valence-corrected chi connectivity index (χ2v) is 6.80. The molecule has 0 spiro atoms. The van der Waals surface area contributed by atoms with Gasteiger partial charge in [-0.1, -0.05) is 19.8 Å². The van der Waals surface area contributed by atoms with E-state index < -0.39 is 0 Å². The number of ether oxygens (including phenoxy) is 1. The average Bonchev–Trinajstić information content (AvgIpc) is 2.60. The number of aromatic nitrogens is 1. The molecule has 0 amide bonds. The van der Waals surface area contributed by atoms with E-state index in [0.717, 1.165) is 60.4 Å². The molecule has 1 fully saturated rings. The van der Waals surface area contributed by atoms with Crippen molar-refractivity contribution in [2.45, 2.75) is 52.5 Å². The molecule has 0 aliphatic carbocycles. The topological polar surface area (TPSA) is 45.3 Å². The number of aryl methyl sites for hydroxylation is 1. The summed E-state index contributed by atoms with van der Waals surface area (Å²) >= 11 is 0. The first-order valence-corrected chi connectivity index (χ1v) is 9.19. The molecule has 2 aromatic rings. The van der Waals surface area contributed by atoms with Gasteiger partial charge >= 0.3 is 0 Å².